The van der Waals surface area contributed by atoms with Gasteiger partial charge in [0, 0.05) is 17.5 Å². The monoisotopic (exact) mass is 230 g/mol. The molecule has 0 aliphatic carbocycles. The number of hydrogen-bond acceptors (Lipinski definition) is 3. The number of carboxylic acid groups (broad SMARTS) is 1. The number of carbonyl (C=O) groups is 1. The summed E-state index contributed by atoms with van der Waals surface area (Å²) in [5.41, 5.74) is 1.45. The number of aromatic carboxylic acids is 1. The number of H-pyrrole nitrogens is 1. The third kappa shape index (κ3) is 2.23. The molecule has 0 bridgehead atoms. The lowest BCUT2D eigenvalue weighted by atomic mass is 10.1. The molecule has 2 aromatic rings. The molecule has 0 fully saturated rings. The molecule has 0 spiro atoms. The molecule has 0 aliphatic rings. The van der Waals surface area contributed by atoms with E-state index >= 15 is 0 Å². The second-order valence-electron chi connectivity index (χ2n) is 3.63. The van der Waals surface area contributed by atoms with Crippen molar-refractivity contribution in [2.75, 3.05) is 0 Å². The largest absolute Gasteiger partial charge is 0.478 e. The van der Waals surface area contributed by atoms with Gasteiger partial charge in [0.15, 0.2) is 0 Å². The van der Waals surface area contributed by atoms with Crippen LogP contribution in [0.15, 0.2) is 35.3 Å². The maximum absolute atomic E-state index is 11.6. The van der Waals surface area contributed by atoms with E-state index in [-0.39, 0.29) is 16.8 Å². The fourth-order valence-corrected chi connectivity index (χ4v) is 1.47. The molecule has 2 rings (SSSR count). The Hall–Kier alpha value is -2.43. The van der Waals surface area contributed by atoms with Crippen LogP contribution in [0.5, 0.6) is 0 Å². The second-order valence-corrected chi connectivity index (χ2v) is 3.63. The first-order valence-electron chi connectivity index (χ1n) is 4.97. The van der Waals surface area contributed by atoms with Crippen molar-refractivity contribution in [1.29, 1.82) is 0 Å². The predicted molar refractivity (Wildman–Crippen MR) is 62.0 cm³/mol. The zero-order valence-electron chi connectivity index (χ0n) is 9.10. The second kappa shape index (κ2) is 4.21. The first kappa shape index (κ1) is 11.1. The van der Waals surface area contributed by atoms with Crippen LogP contribution in [0.4, 0.5) is 0 Å². The highest BCUT2D eigenvalue weighted by Gasteiger charge is 2.07. The predicted octanol–water partition coefficient (Wildman–Crippen LogP) is 1.44. The molecule has 0 aliphatic heterocycles. The van der Waals surface area contributed by atoms with Crippen LogP contribution in [0.3, 0.4) is 0 Å². The number of aryl methyl sites for hydroxylation is 1. The van der Waals surface area contributed by atoms with Crippen molar-refractivity contribution < 1.29 is 9.90 Å². The van der Waals surface area contributed by atoms with Crippen molar-refractivity contribution in [2.45, 2.75) is 6.92 Å². The molecule has 5 heteroatoms. The molecule has 86 valence electrons. The van der Waals surface area contributed by atoms with Crippen molar-refractivity contribution in [3.8, 4) is 11.3 Å². The summed E-state index contributed by atoms with van der Waals surface area (Å²) in [6.07, 6.45) is 1.56. The maximum Gasteiger partial charge on any atom is 0.335 e. The Morgan fingerprint density at radius 1 is 1.29 bits per heavy atom. The molecule has 0 saturated carbocycles. The van der Waals surface area contributed by atoms with Crippen LogP contribution >= 0.6 is 0 Å². The SMILES string of the molecule is Cc1cnc(-c2ccc(C(=O)O)cc2)c(=O)[nH]1. The summed E-state index contributed by atoms with van der Waals surface area (Å²) in [6.45, 7) is 1.74. The summed E-state index contributed by atoms with van der Waals surface area (Å²) < 4.78 is 0. The van der Waals surface area contributed by atoms with Crippen LogP contribution < -0.4 is 5.56 Å². The van der Waals surface area contributed by atoms with Crippen molar-refractivity contribution in [3.05, 3.63) is 52.1 Å². The minimum atomic E-state index is -0.998. The molecule has 0 radical (unpaired) electrons. The van der Waals surface area contributed by atoms with Crippen molar-refractivity contribution in [2.24, 2.45) is 0 Å². The molecule has 0 saturated heterocycles. The third-order valence-electron chi connectivity index (χ3n) is 2.32. The summed E-state index contributed by atoms with van der Waals surface area (Å²) in [5.74, 6) is -0.998. The molecule has 1 aromatic heterocycles. The van der Waals surface area contributed by atoms with Gasteiger partial charge in [-0.3, -0.25) is 4.79 Å². The zero-order valence-corrected chi connectivity index (χ0v) is 9.10. The summed E-state index contributed by atoms with van der Waals surface area (Å²) >= 11 is 0. The van der Waals surface area contributed by atoms with E-state index in [1.54, 1.807) is 25.3 Å². The van der Waals surface area contributed by atoms with E-state index < -0.39 is 5.97 Å². The molecule has 0 unspecified atom stereocenters. The van der Waals surface area contributed by atoms with Gasteiger partial charge >= 0.3 is 5.97 Å². The van der Waals surface area contributed by atoms with Crippen molar-refractivity contribution in [3.63, 3.8) is 0 Å². The minimum absolute atomic E-state index is 0.178. The zero-order chi connectivity index (χ0) is 12.4. The standard InChI is InChI=1S/C12H10N2O3/c1-7-6-13-10(11(15)14-7)8-2-4-9(5-3-8)12(16)17/h2-6H,1H3,(H,14,15)(H,16,17). The Morgan fingerprint density at radius 3 is 2.47 bits per heavy atom. The number of benzene rings is 1. The molecular weight excluding hydrogens is 220 g/mol. The summed E-state index contributed by atoms with van der Waals surface area (Å²) in [7, 11) is 0. The summed E-state index contributed by atoms with van der Waals surface area (Å²) in [6, 6.07) is 6.02. The first-order valence-corrected chi connectivity index (χ1v) is 4.97. The van der Waals surface area contributed by atoms with E-state index in [0.29, 0.717) is 11.3 Å². The van der Waals surface area contributed by atoms with Gasteiger partial charge in [0.05, 0.1) is 5.56 Å². The Labute approximate surface area is 96.8 Å². The van der Waals surface area contributed by atoms with E-state index in [1.165, 1.54) is 12.1 Å². The molecule has 17 heavy (non-hydrogen) atoms. The van der Waals surface area contributed by atoms with Crippen LogP contribution in [-0.2, 0) is 0 Å². The highest BCUT2D eigenvalue weighted by molar-refractivity contribution is 5.88. The van der Waals surface area contributed by atoms with Crippen molar-refractivity contribution >= 4 is 5.97 Å². The average molecular weight is 230 g/mol. The van der Waals surface area contributed by atoms with Gasteiger partial charge in [-0.05, 0) is 19.1 Å². The van der Waals surface area contributed by atoms with E-state index in [9.17, 15) is 9.59 Å². The minimum Gasteiger partial charge on any atom is -0.478 e. The number of rotatable bonds is 2. The molecule has 1 aromatic carbocycles. The Morgan fingerprint density at radius 2 is 1.94 bits per heavy atom. The van der Waals surface area contributed by atoms with Gasteiger partial charge < -0.3 is 10.1 Å². The fraction of sp³-hybridized carbons (Fsp3) is 0.0833. The summed E-state index contributed by atoms with van der Waals surface area (Å²) in [5, 5.41) is 8.75. The van der Waals surface area contributed by atoms with Crippen molar-refractivity contribution in [1.82, 2.24) is 9.97 Å². The first-order chi connectivity index (χ1) is 8.08. The van der Waals surface area contributed by atoms with Gasteiger partial charge in [-0.25, -0.2) is 9.78 Å². The number of aromatic nitrogens is 2. The fourth-order valence-electron chi connectivity index (χ4n) is 1.47. The average Bonchev–Trinajstić information content (AvgIpc) is 2.29. The Bertz CT molecular complexity index is 614. The van der Waals surface area contributed by atoms with Crippen LogP contribution in [0.2, 0.25) is 0 Å². The molecule has 0 atom stereocenters. The van der Waals surface area contributed by atoms with Gasteiger partial charge in [-0.2, -0.15) is 0 Å². The quantitative estimate of drug-likeness (QED) is 0.817. The molecular formula is C12H10N2O3. The highest BCUT2D eigenvalue weighted by atomic mass is 16.4. The van der Waals surface area contributed by atoms with E-state index in [4.69, 9.17) is 5.11 Å². The van der Waals surface area contributed by atoms with Gasteiger partial charge in [0.2, 0.25) is 0 Å². The van der Waals surface area contributed by atoms with Crippen LogP contribution in [0, 0.1) is 6.92 Å². The van der Waals surface area contributed by atoms with Gasteiger partial charge in [-0.15, -0.1) is 0 Å². The van der Waals surface area contributed by atoms with E-state index in [1.807, 2.05) is 0 Å². The van der Waals surface area contributed by atoms with Gasteiger partial charge in [-0.1, -0.05) is 12.1 Å². The normalized spacial score (nSPS) is 10.2. The topological polar surface area (TPSA) is 83.0 Å². The Balaban J connectivity index is 2.47. The number of hydrogen-bond donors (Lipinski definition) is 2. The highest BCUT2D eigenvalue weighted by Crippen LogP contribution is 2.13. The lowest BCUT2D eigenvalue weighted by Gasteiger charge is -2.01. The molecule has 2 N–H and O–H groups in total. The molecule has 1 heterocycles. The lowest BCUT2D eigenvalue weighted by molar-refractivity contribution is 0.0697. The lowest BCUT2D eigenvalue weighted by Crippen LogP contribution is -2.12. The number of nitrogens with one attached hydrogen (secondary N) is 1. The molecule has 5 nitrogen and oxygen atoms in total. The number of carboxylic acids is 1. The third-order valence-corrected chi connectivity index (χ3v) is 2.32. The smallest absolute Gasteiger partial charge is 0.335 e. The van der Waals surface area contributed by atoms with Gasteiger partial charge in [0.25, 0.3) is 5.56 Å². The van der Waals surface area contributed by atoms with Crippen LogP contribution in [0.1, 0.15) is 16.1 Å². The molecule has 0 amide bonds. The number of nitrogens with zero attached hydrogens (tertiary/aromatic N) is 1. The Kier molecular flexibility index (Phi) is 2.74. The van der Waals surface area contributed by atoms with E-state index in [0.717, 1.165) is 0 Å². The summed E-state index contributed by atoms with van der Waals surface area (Å²) in [4.78, 5) is 29.0. The van der Waals surface area contributed by atoms with Gasteiger partial charge in [0.1, 0.15) is 5.69 Å². The van der Waals surface area contributed by atoms with Crippen LogP contribution in [-0.4, -0.2) is 21.0 Å². The van der Waals surface area contributed by atoms with E-state index in [2.05, 4.69) is 9.97 Å². The van der Waals surface area contributed by atoms with Crippen LogP contribution in [0.25, 0.3) is 11.3 Å². The number of aromatic amines is 1. The maximum atomic E-state index is 11.6.